The van der Waals surface area contributed by atoms with E-state index < -0.39 is 0 Å². The van der Waals surface area contributed by atoms with E-state index in [1.807, 2.05) is 0 Å². The second-order valence-electron chi connectivity index (χ2n) is 7.08. The smallest absolute Gasteiger partial charge is 0.247 e. The first-order valence-corrected chi connectivity index (χ1v) is 9.42. The van der Waals surface area contributed by atoms with E-state index in [0.717, 1.165) is 37.8 Å². The number of rotatable bonds is 4. The molecule has 2 fully saturated rings. The summed E-state index contributed by atoms with van der Waals surface area (Å²) in [7, 11) is 0. The van der Waals surface area contributed by atoms with Crippen molar-refractivity contribution in [2.45, 2.75) is 19.8 Å². The molecule has 0 atom stereocenters. The Morgan fingerprint density at radius 2 is 1.73 bits per heavy atom. The van der Waals surface area contributed by atoms with E-state index in [0.29, 0.717) is 25.0 Å². The van der Waals surface area contributed by atoms with Crippen LogP contribution in [0, 0.1) is 5.92 Å². The highest BCUT2D eigenvalue weighted by Crippen LogP contribution is 2.25. The molecule has 2 aromatic rings. The van der Waals surface area contributed by atoms with Crippen LogP contribution in [0.15, 0.2) is 30.5 Å². The van der Waals surface area contributed by atoms with Crippen molar-refractivity contribution in [3.05, 3.63) is 30.5 Å². The maximum atomic E-state index is 5.38. The van der Waals surface area contributed by atoms with Gasteiger partial charge in [0, 0.05) is 37.6 Å². The monoisotopic (exact) mass is 354 g/mol. The normalized spacial score (nSPS) is 18.8. The third kappa shape index (κ3) is 4.04. The van der Waals surface area contributed by atoms with Crippen LogP contribution in [0.2, 0.25) is 0 Å². The molecule has 1 N–H and O–H groups in total. The number of aromatic nitrogens is 3. The van der Waals surface area contributed by atoms with Gasteiger partial charge in [-0.3, -0.25) is 0 Å². The fourth-order valence-electron chi connectivity index (χ4n) is 3.42. The Balaban J connectivity index is 1.41. The van der Waals surface area contributed by atoms with Crippen molar-refractivity contribution in [1.29, 1.82) is 0 Å². The number of benzene rings is 1. The van der Waals surface area contributed by atoms with Gasteiger partial charge in [-0.25, -0.2) is 0 Å². The zero-order valence-electron chi connectivity index (χ0n) is 15.3. The molecule has 2 saturated heterocycles. The largest absolute Gasteiger partial charge is 0.378 e. The van der Waals surface area contributed by atoms with E-state index >= 15 is 0 Å². The van der Waals surface area contributed by atoms with Crippen molar-refractivity contribution < 1.29 is 4.74 Å². The van der Waals surface area contributed by atoms with E-state index in [2.05, 4.69) is 61.5 Å². The maximum Gasteiger partial charge on any atom is 0.247 e. The van der Waals surface area contributed by atoms with Crippen LogP contribution in [0.25, 0.3) is 0 Å². The van der Waals surface area contributed by atoms with Gasteiger partial charge in [-0.1, -0.05) is 6.92 Å². The number of morpholine rings is 1. The molecule has 2 aliphatic rings. The van der Waals surface area contributed by atoms with Crippen molar-refractivity contribution in [3.8, 4) is 0 Å². The van der Waals surface area contributed by atoms with E-state index in [-0.39, 0.29) is 0 Å². The van der Waals surface area contributed by atoms with Crippen molar-refractivity contribution in [2.75, 3.05) is 54.5 Å². The minimum atomic E-state index is 0.650. The first-order valence-electron chi connectivity index (χ1n) is 9.42. The summed E-state index contributed by atoms with van der Waals surface area (Å²) in [6.07, 6.45) is 4.21. The van der Waals surface area contributed by atoms with Crippen LogP contribution in [-0.2, 0) is 4.74 Å². The van der Waals surface area contributed by atoms with Gasteiger partial charge in [-0.05, 0) is 43.0 Å². The van der Waals surface area contributed by atoms with Gasteiger partial charge < -0.3 is 19.9 Å². The molecule has 138 valence electrons. The molecule has 0 aliphatic carbocycles. The molecule has 7 heteroatoms. The predicted molar refractivity (Wildman–Crippen MR) is 103 cm³/mol. The van der Waals surface area contributed by atoms with Crippen LogP contribution in [0.5, 0.6) is 0 Å². The first kappa shape index (κ1) is 17.0. The quantitative estimate of drug-likeness (QED) is 0.905. The highest BCUT2D eigenvalue weighted by molar-refractivity contribution is 5.61. The Morgan fingerprint density at radius 3 is 2.46 bits per heavy atom. The topological polar surface area (TPSA) is 66.4 Å². The SMILES string of the molecule is CC1CCN(c2ccc(Nc3cnnc(N4CCOCC4)n3)cc2)CC1. The van der Waals surface area contributed by atoms with Crippen LogP contribution in [0.4, 0.5) is 23.1 Å². The minimum absolute atomic E-state index is 0.650. The summed E-state index contributed by atoms with van der Waals surface area (Å²) < 4.78 is 5.38. The molecule has 1 aromatic carbocycles. The zero-order valence-corrected chi connectivity index (χ0v) is 15.3. The van der Waals surface area contributed by atoms with Crippen molar-refractivity contribution in [1.82, 2.24) is 15.2 Å². The fraction of sp³-hybridized carbons (Fsp3) is 0.526. The minimum Gasteiger partial charge on any atom is -0.378 e. The van der Waals surface area contributed by atoms with Crippen molar-refractivity contribution in [3.63, 3.8) is 0 Å². The predicted octanol–water partition coefficient (Wildman–Crippen LogP) is 2.69. The molecular weight excluding hydrogens is 328 g/mol. The van der Waals surface area contributed by atoms with Crippen LogP contribution >= 0.6 is 0 Å². The second kappa shape index (κ2) is 7.86. The Labute approximate surface area is 154 Å². The molecule has 1 aromatic heterocycles. The Kier molecular flexibility index (Phi) is 5.15. The summed E-state index contributed by atoms with van der Waals surface area (Å²) in [5.41, 5.74) is 2.30. The lowest BCUT2D eigenvalue weighted by molar-refractivity contribution is 0.122. The third-order valence-corrected chi connectivity index (χ3v) is 5.13. The highest BCUT2D eigenvalue weighted by Gasteiger charge is 2.16. The van der Waals surface area contributed by atoms with Gasteiger partial charge >= 0.3 is 0 Å². The molecule has 26 heavy (non-hydrogen) atoms. The number of piperidine rings is 1. The Hall–Kier alpha value is -2.41. The summed E-state index contributed by atoms with van der Waals surface area (Å²) in [4.78, 5) is 9.15. The molecule has 0 radical (unpaired) electrons. The molecule has 7 nitrogen and oxygen atoms in total. The van der Waals surface area contributed by atoms with Gasteiger partial charge in [-0.15, -0.1) is 5.10 Å². The number of nitrogens with one attached hydrogen (secondary N) is 1. The molecule has 0 spiro atoms. The molecule has 4 rings (SSSR count). The average molecular weight is 354 g/mol. The summed E-state index contributed by atoms with van der Waals surface area (Å²) in [5, 5.41) is 11.6. The third-order valence-electron chi connectivity index (χ3n) is 5.13. The Bertz CT molecular complexity index is 708. The fourth-order valence-corrected chi connectivity index (χ4v) is 3.42. The lowest BCUT2D eigenvalue weighted by Crippen LogP contribution is -2.37. The molecule has 0 amide bonds. The van der Waals surface area contributed by atoms with Crippen molar-refractivity contribution in [2.24, 2.45) is 5.92 Å². The average Bonchev–Trinajstić information content (AvgIpc) is 2.70. The summed E-state index contributed by atoms with van der Waals surface area (Å²) >= 11 is 0. The van der Waals surface area contributed by atoms with Gasteiger partial charge in [0.25, 0.3) is 0 Å². The number of hydrogen-bond acceptors (Lipinski definition) is 7. The molecule has 2 aliphatic heterocycles. The van der Waals surface area contributed by atoms with Gasteiger partial charge in [0.15, 0.2) is 5.82 Å². The molecule has 0 bridgehead atoms. The van der Waals surface area contributed by atoms with Crippen LogP contribution in [-0.4, -0.2) is 54.6 Å². The van der Waals surface area contributed by atoms with Crippen molar-refractivity contribution >= 4 is 23.1 Å². The molecule has 0 saturated carbocycles. The number of anilines is 4. The lowest BCUT2D eigenvalue weighted by atomic mass is 9.99. The first-order chi connectivity index (χ1) is 12.8. The van der Waals surface area contributed by atoms with Gasteiger partial charge in [0.05, 0.1) is 19.4 Å². The zero-order chi connectivity index (χ0) is 17.8. The van der Waals surface area contributed by atoms with E-state index in [1.54, 1.807) is 6.20 Å². The van der Waals surface area contributed by atoms with Crippen LogP contribution in [0.1, 0.15) is 19.8 Å². The van der Waals surface area contributed by atoms with Gasteiger partial charge in [0.2, 0.25) is 5.95 Å². The maximum absolute atomic E-state index is 5.38. The van der Waals surface area contributed by atoms with E-state index in [9.17, 15) is 0 Å². The summed E-state index contributed by atoms with van der Waals surface area (Å²) in [6, 6.07) is 8.55. The Morgan fingerprint density at radius 1 is 1.00 bits per heavy atom. The van der Waals surface area contributed by atoms with Gasteiger partial charge in [0.1, 0.15) is 0 Å². The van der Waals surface area contributed by atoms with Crippen LogP contribution < -0.4 is 15.1 Å². The second-order valence-corrected chi connectivity index (χ2v) is 7.08. The highest BCUT2D eigenvalue weighted by atomic mass is 16.5. The number of nitrogens with zero attached hydrogens (tertiary/aromatic N) is 5. The molecule has 0 unspecified atom stereocenters. The molecule has 3 heterocycles. The number of hydrogen-bond donors (Lipinski definition) is 1. The van der Waals surface area contributed by atoms with E-state index in [4.69, 9.17) is 4.74 Å². The van der Waals surface area contributed by atoms with E-state index in [1.165, 1.54) is 18.5 Å². The number of ether oxygens (including phenoxy) is 1. The van der Waals surface area contributed by atoms with Gasteiger partial charge in [-0.2, -0.15) is 10.1 Å². The van der Waals surface area contributed by atoms with Crippen LogP contribution in [0.3, 0.4) is 0 Å². The molecular formula is C19H26N6O. The summed E-state index contributed by atoms with van der Waals surface area (Å²) in [6.45, 7) is 7.64. The summed E-state index contributed by atoms with van der Waals surface area (Å²) in [5.74, 6) is 2.21. The lowest BCUT2D eigenvalue weighted by Gasteiger charge is -2.32. The standard InChI is InChI=1S/C19H26N6O/c1-15-6-8-24(9-7-15)17-4-2-16(3-5-17)21-18-14-20-23-19(22-18)25-10-12-26-13-11-25/h2-5,14-15H,6-13H2,1H3,(H,21,22,23).